The van der Waals surface area contributed by atoms with Crippen LogP contribution in [0.15, 0.2) is 42.6 Å². The molecule has 1 heterocycles. The molecule has 2 unspecified atom stereocenters. The normalized spacial score (nSPS) is 15.2. The van der Waals surface area contributed by atoms with Crippen LogP contribution in [0.3, 0.4) is 0 Å². The van der Waals surface area contributed by atoms with E-state index >= 15 is 0 Å². The summed E-state index contributed by atoms with van der Waals surface area (Å²) in [7, 11) is 0. The van der Waals surface area contributed by atoms with Gasteiger partial charge in [0, 0.05) is 41.1 Å². The Morgan fingerprint density at radius 3 is 2.24 bits per heavy atom. The summed E-state index contributed by atoms with van der Waals surface area (Å²) >= 11 is 0. The van der Waals surface area contributed by atoms with E-state index < -0.39 is 42.1 Å². The molecule has 3 aromatic rings. The third-order valence-electron chi connectivity index (χ3n) is 5.44. The predicted octanol–water partition coefficient (Wildman–Crippen LogP) is 3.16. The van der Waals surface area contributed by atoms with E-state index in [0.717, 1.165) is 0 Å². The summed E-state index contributed by atoms with van der Waals surface area (Å²) in [5, 5.41) is 30.0. The zero-order valence-electron chi connectivity index (χ0n) is 17.0. The van der Waals surface area contributed by atoms with Crippen LogP contribution < -0.4 is 4.74 Å². The van der Waals surface area contributed by atoms with Crippen LogP contribution in [0.4, 0.5) is 13.2 Å². The van der Waals surface area contributed by atoms with Gasteiger partial charge in [0.2, 0.25) is 0 Å². The van der Waals surface area contributed by atoms with Crippen LogP contribution in [0.2, 0.25) is 0 Å². The van der Waals surface area contributed by atoms with E-state index in [1.54, 1.807) is 24.3 Å². The zero-order valence-corrected chi connectivity index (χ0v) is 17.0. The topological polar surface area (TPSA) is 117 Å². The summed E-state index contributed by atoms with van der Waals surface area (Å²) in [6.45, 7) is -0.345. The van der Waals surface area contributed by atoms with Crippen molar-refractivity contribution in [1.82, 2.24) is 4.98 Å². The molecule has 7 nitrogen and oxygen atoms in total. The highest BCUT2D eigenvalue weighted by atomic mass is 19.4. The number of benzene rings is 2. The van der Waals surface area contributed by atoms with Crippen LogP contribution in [0, 0.1) is 0 Å². The van der Waals surface area contributed by atoms with E-state index in [9.17, 15) is 33.0 Å². The zero-order chi connectivity index (χ0) is 23.9. The standard InChI is InChI=1S/C23H18F3NO6/c24-23(25,26)15(29)10-11(28)7-9-33-22-18-14(6-3-8-27-18)16-17(21(22)32)20(31)13-5-2-1-4-12(13)19(16)30/h1-6,8,11,15,28-29,32H,7,9-10H2. The van der Waals surface area contributed by atoms with Gasteiger partial charge in [-0.2, -0.15) is 13.2 Å². The van der Waals surface area contributed by atoms with Gasteiger partial charge in [0.1, 0.15) is 5.52 Å². The Morgan fingerprint density at radius 2 is 1.61 bits per heavy atom. The lowest BCUT2D eigenvalue weighted by molar-refractivity contribution is -0.211. The summed E-state index contributed by atoms with van der Waals surface area (Å²) in [6.07, 6.45) is -8.92. The molecule has 1 aromatic heterocycles. The lowest BCUT2D eigenvalue weighted by atomic mass is 9.81. The highest BCUT2D eigenvalue weighted by Gasteiger charge is 2.39. The van der Waals surface area contributed by atoms with Crippen molar-refractivity contribution in [2.75, 3.05) is 6.61 Å². The fraction of sp³-hybridized carbons (Fsp3) is 0.261. The van der Waals surface area contributed by atoms with E-state index in [0.29, 0.717) is 0 Å². The van der Waals surface area contributed by atoms with E-state index in [1.165, 1.54) is 18.3 Å². The van der Waals surface area contributed by atoms with Crippen LogP contribution >= 0.6 is 0 Å². The van der Waals surface area contributed by atoms with E-state index in [1.807, 2.05) is 0 Å². The van der Waals surface area contributed by atoms with Gasteiger partial charge in [-0.3, -0.25) is 14.6 Å². The molecule has 4 rings (SSSR count). The number of carbonyl (C=O) groups excluding carboxylic acids is 2. The lowest BCUT2D eigenvalue weighted by Crippen LogP contribution is -2.32. The Kier molecular flexibility index (Phi) is 5.81. The fourth-order valence-electron chi connectivity index (χ4n) is 3.82. The first-order valence-corrected chi connectivity index (χ1v) is 9.99. The first kappa shape index (κ1) is 22.7. The van der Waals surface area contributed by atoms with E-state index in [-0.39, 0.29) is 51.9 Å². The third kappa shape index (κ3) is 4.03. The largest absolute Gasteiger partial charge is 0.504 e. The molecular formula is C23H18F3NO6. The molecule has 0 amide bonds. The number of phenolic OH excluding ortho intramolecular Hbond substituents is 1. The average molecular weight is 461 g/mol. The van der Waals surface area contributed by atoms with Crippen LogP contribution in [-0.4, -0.2) is 56.9 Å². The summed E-state index contributed by atoms with van der Waals surface area (Å²) in [6, 6.07) is 9.27. The summed E-state index contributed by atoms with van der Waals surface area (Å²) in [5.74, 6) is -1.89. The number of pyridine rings is 1. The Bertz CT molecular complexity index is 1260. The number of phenols is 1. The summed E-state index contributed by atoms with van der Waals surface area (Å²) in [4.78, 5) is 30.4. The molecule has 0 saturated heterocycles. The number of ether oxygens (including phenoxy) is 1. The minimum absolute atomic E-state index is 0.0139. The number of alkyl halides is 3. The number of halogens is 3. The quantitative estimate of drug-likeness (QED) is 0.404. The second-order valence-corrected chi connectivity index (χ2v) is 7.62. The maximum Gasteiger partial charge on any atom is 0.414 e. The van der Waals surface area contributed by atoms with Crippen LogP contribution in [0.25, 0.3) is 10.9 Å². The first-order valence-electron chi connectivity index (χ1n) is 9.99. The van der Waals surface area contributed by atoms with Gasteiger partial charge in [0.05, 0.1) is 18.3 Å². The van der Waals surface area contributed by atoms with Gasteiger partial charge in [-0.1, -0.05) is 30.3 Å². The number of aliphatic hydroxyl groups is 2. The molecule has 33 heavy (non-hydrogen) atoms. The third-order valence-corrected chi connectivity index (χ3v) is 5.44. The van der Waals surface area contributed by atoms with Crippen LogP contribution in [0.1, 0.15) is 44.7 Å². The summed E-state index contributed by atoms with van der Waals surface area (Å²) < 4.78 is 42.9. The van der Waals surface area contributed by atoms with Crippen molar-refractivity contribution in [2.45, 2.75) is 31.2 Å². The molecule has 0 spiro atoms. The molecule has 0 aliphatic heterocycles. The Hall–Kier alpha value is -3.50. The molecular weight excluding hydrogens is 443 g/mol. The Balaban J connectivity index is 1.68. The number of aliphatic hydroxyl groups excluding tert-OH is 2. The molecule has 172 valence electrons. The summed E-state index contributed by atoms with van der Waals surface area (Å²) in [5.41, 5.74) is 0.136. The van der Waals surface area contributed by atoms with Crippen molar-refractivity contribution in [3.8, 4) is 11.5 Å². The van der Waals surface area contributed by atoms with Gasteiger partial charge in [0.25, 0.3) is 0 Å². The van der Waals surface area contributed by atoms with Gasteiger partial charge in [-0.15, -0.1) is 0 Å². The second-order valence-electron chi connectivity index (χ2n) is 7.62. The van der Waals surface area contributed by atoms with Gasteiger partial charge < -0.3 is 20.1 Å². The Morgan fingerprint density at radius 1 is 0.970 bits per heavy atom. The van der Waals surface area contributed by atoms with Crippen molar-refractivity contribution >= 4 is 22.5 Å². The van der Waals surface area contributed by atoms with Gasteiger partial charge in [-0.05, 0) is 6.07 Å². The van der Waals surface area contributed by atoms with Crippen LogP contribution in [0.5, 0.6) is 11.5 Å². The number of carbonyl (C=O) groups is 2. The number of aromatic hydroxyl groups is 1. The number of aromatic nitrogens is 1. The highest BCUT2D eigenvalue weighted by molar-refractivity contribution is 6.33. The first-order chi connectivity index (χ1) is 15.6. The molecule has 2 atom stereocenters. The minimum atomic E-state index is -4.86. The van der Waals surface area contributed by atoms with E-state index in [4.69, 9.17) is 9.84 Å². The maximum atomic E-state index is 13.1. The molecule has 0 radical (unpaired) electrons. The second kappa shape index (κ2) is 8.45. The smallest absolute Gasteiger partial charge is 0.414 e. The number of hydrogen-bond donors (Lipinski definition) is 3. The SMILES string of the molecule is O=C1c2ccccc2C(=O)c2c1c(O)c(OCCC(O)CC(O)C(F)(F)F)c1ncccc21. The molecule has 0 fully saturated rings. The molecule has 0 bridgehead atoms. The van der Waals surface area contributed by atoms with Gasteiger partial charge >= 0.3 is 6.18 Å². The molecule has 0 saturated carbocycles. The molecule has 1 aliphatic rings. The minimum Gasteiger partial charge on any atom is -0.504 e. The average Bonchev–Trinajstić information content (AvgIpc) is 2.78. The number of rotatable bonds is 6. The molecule has 3 N–H and O–H groups in total. The predicted molar refractivity (Wildman–Crippen MR) is 110 cm³/mol. The molecule has 10 heteroatoms. The van der Waals surface area contributed by atoms with Crippen molar-refractivity contribution < 1.29 is 42.8 Å². The fourth-order valence-corrected chi connectivity index (χ4v) is 3.82. The maximum absolute atomic E-state index is 13.1. The lowest BCUT2D eigenvalue weighted by Gasteiger charge is -2.22. The highest BCUT2D eigenvalue weighted by Crippen LogP contribution is 2.44. The molecule has 2 aromatic carbocycles. The van der Waals surface area contributed by atoms with Crippen molar-refractivity contribution in [2.24, 2.45) is 0 Å². The monoisotopic (exact) mass is 461 g/mol. The number of nitrogens with zero attached hydrogens (tertiary/aromatic N) is 1. The van der Waals surface area contributed by atoms with Crippen molar-refractivity contribution in [3.63, 3.8) is 0 Å². The van der Waals surface area contributed by atoms with Crippen molar-refractivity contribution in [1.29, 1.82) is 0 Å². The van der Waals surface area contributed by atoms with Crippen LogP contribution in [-0.2, 0) is 0 Å². The Labute approximate surface area is 185 Å². The van der Waals surface area contributed by atoms with E-state index in [2.05, 4.69) is 4.98 Å². The molecule has 1 aliphatic carbocycles. The van der Waals surface area contributed by atoms with Gasteiger partial charge in [-0.25, -0.2) is 0 Å². The number of ketones is 2. The number of hydrogen-bond acceptors (Lipinski definition) is 7. The van der Waals surface area contributed by atoms with Gasteiger partial charge in [0.15, 0.2) is 29.2 Å². The van der Waals surface area contributed by atoms with Crippen molar-refractivity contribution in [3.05, 3.63) is 64.8 Å². The number of fused-ring (bicyclic) bond motifs is 4.